The summed E-state index contributed by atoms with van der Waals surface area (Å²) in [7, 11) is -3.73. The second kappa shape index (κ2) is 5.95. The van der Waals surface area contributed by atoms with Crippen LogP contribution in [0.3, 0.4) is 0 Å². The van der Waals surface area contributed by atoms with Crippen molar-refractivity contribution in [3.8, 4) is 0 Å². The Morgan fingerprint density at radius 3 is 2.32 bits per heavy atom. The van der Waals surface area contributed by atoms with Crippen LogP contribution in [0.5, 0.6) is 0 Å². The lowest BCUT2D eigenvalue weighted by Gasteiger charge is -2.13. The highest BCUT2D eigenvalue weighted by atomic mass is 32.2. The number of carbonyl (C=O) groups is 1. The third-order valence-electron chi connectivity index (χ3n) is 2.16. The van der Waals surface area contributed by atoms with E-state index >= 15 is 0 Å². The van der Waals surface area contributed by atoms with E-state index in [-0.39, 0.29) is 10.0 Å². The first kappa shape index (κ1) is 15.3. The van der Waals surface area contributed by atoms with Gasteiger partial charge in [-0.1, -0.05) is 0 Å². The highest BCUT2D eigenvalue weighted by Gasteiger charge is 2.12. The van der Waals surface area contributed by atoms with E-state index in [0.717, 1.165) is 0 Å². The average Bonchev–Trinajstić information content (AvgIpc) is 2.28. The van der Waals surface area contributed by atoms with Gasteiger partial charge in [0.2, 0.25) is 10.0 Å². The van der Waals surface area contributed by atoms with Gasteiger partial charge in [-0.3, -0.25) is 4.79 Å². The molecule has 0 aliphatic rings. The largest absolute Gasteiger partial charge is 0.480 e. The summed E-state index contributed by atoms with van der Waals surface area (Å²) in [6.07, 6.45) is 0. The maximum absolute atomic E-state index is 11.0. The van der Waals surface area contributed by atoms with E-state index in [1.54, 1.807) is 0 Å². The van der Waals surface area contributed by atoms with Gasteiger partial charge in [0.15, 0.2) is 5.11 Å². The summed E-state index contributed by atoms with van der Waals surface area (Å²) in [6.45, 7) is 1.44. The number of carboxylic acid groups (broad SMARTS) is 1. The molecule has 5 N–H and O–H groups in total. The van der Waals surface area contributed by atoms with Gasteiger partial charge in [0.05, 0.1) is 4.90 Å². The van der Waals surface area contributed by atoms with Gasteiger partial charge in [0.25, 0.3) is 0 Å². The van der Waals surface area contributed by atoms with Gasteiger partial charge in [-0.2, -0.15) is 0 Å². The molecule has 0 amide bonds. The third kappa shape index (κ3) is 4.81. The van der Waals surface area contributed by atoms with Gasteiger partial charge in [-0.05, 0) is 43.4 Å². The number of benzene rings is 1. The fourth-order valence-corrected chi connectivity index (χ4v) is 1.96. The second-order valence-electron chi connectivity index (χ2n) is 3.73. The zero-order chi connectivity index (χ0) is 14.6. The number of thiocarbonyl (C=S) groups is 1. The van der Waals surface area contributed by atoms with Crippen LogP contribution in [0.1, 0.15) is 6.92 Å². The molecule has 1 rings (SSSR count). The summed E-state index contributed by atoms with van der Waals surface area (Å²) >= 11 is 4.91. The fraction of sp³-hybridized carbons (Fsp3) is 0.200. The zero-order valence-electron chi connectivity index (χ0n) is 9.95. The second-order valence-corrected chi connectivity index (χ2v) is 5.70. The molecule has 1 aromatic carbocycles. The Morgan fingerprint density at radius 2 is 1.89 bits per heavy atom. The zero-order valence-corrected chi connectivity index (χ0v) is 11.6. The van der Waals surface area contributed by atoms with Crippen molar-refractivity contribution >= 4 is 39.0 Å². The number of hydrogen-bond acceptors (Lipinski definition) is 4. The fourth-order valence-electron chi connectivity index (χ4n) is 1.15. The maximum atomic E-state index is 11.0. The molecule has 0 fully saturated rings. The maximum Gasteiger partial charge on any atom is 0.325 e. The minimum absolute atomic E-state index is 0.0177. The van der Waals surface area contributed by atoms with Crippen molar-refractivity contribution in [2.75, 3.05) is 5.32 Å². The quantitative estimate of drug-likeness (QED) is 0.582. The van der Waals surface area contributed by atoms with Crippen LogP contribution in [0.15, 0.2) is 29.2 Å². The first-order valence-corrected chi connectivity index (χ1v) is 7.09. The molecule has 104 valence electrons. The van der Waals surface area contributed by atoms with Crippen molar-refractivity contribution < 1.29 is 18.3 Å². The Bertz CT molecular complexity index is 583. The number of anilines is 1. The number of aliphatic carboxylic acids is 1. The van der Waals surface area contributed by atoms with Gasteiger partial charge < -0.3 is 15.7 Å². The molecule has 0 radical (unpaired) electrons. The normalized spacial score (nSPS) is 12.5. The van der Waals surface area contributed by atoms with Crippen molar-refractivity contribution in [1.82, 2.24) is 5.32 Å². The lowest BCUT2D eigenvalue weighted by atomic mass is 10.3. The summed E-state index contributed by atoms with van der Waals surface area (Å²) in [5.74, 6) is -1.03. The van der Waals surface area contributed by atoms with E-state index in [0.29, 0.717) is 5.69 Å². The molecule has 0 spiro atoms. The van der Waals surface area contributed by atoms with Crippen LogP contribution in [0.4, 0.5) is 5.69 Å². The molecule has 1 aromatic rings. The highest BCUT2D eigenvalue weighted by molar-refractivity contribution is 7.89. The highest BCUT2D eigenvalue weighted by Crippen LogP contribution is 2.12. The van der Waals surface area contributed by atoms with Gasteiger partial charge in [-0.25, -0.2) is 13.6 Å². The van der Waals surface area contributed by atoms with Gasteiger partial charge in [0, 0.05) is 5.69 Å². The Labute approximate surface area is 115 Å². The van der Waals surface area contributed by atoms with Crippen molar-refractivity contribution in [2.24, 2.45) is 5.14 Å². The van der Waals surface area contributed by atoms with Crippen LogP contribution >= 0.6 is 12.2 Å². The lowest BCUT2D eigenvalue weighted by Crippen LogP contribution is -2.40. The number of nitrogens with two attached hydrogens (primary N) is 1. The van der Waals surface area contributed by atoms with E-state index in [4.69, 9.17) is 22.5 Å². The van der Waals surface area contributed by atoms with Gasteiger partial charge >= 0.3 is 5.97 Å². The molecule has 7 nitrogen and oxygen atoms in total. The monoisotopic (exact) mass is 303 g/mol. The van der Waals surface area contributed by atoms with E-state index in [9.17, 15) is 13.2 Å². The minimum Gasteiger partial charge on any atom is -0.480 e. The van der Waals surface area contributed by atoms with Crippen molar-refractivity contribution in [3.05, 3.63) is 24.3 Å². The van der Waals surface area contributed by atoms with Crippen LogP contribution < -0.4 is 15.8 Å². The average molecular weight is 303 g/mol. The molecule has 0 saturated heterocycles. The molecule has 0 heterocycles. The summed E-state index contributed by atoms with van der Waals surface area (Å²) in [5, 5.41) is 19.0. The number of nitrogens with one attached hydrogen (secondary N) is 2. The van der Waals surface area contributed by atoms with Crippen LogP contribution in [-0.4, -0.2) is 30.6 Å². The molecule has 0 aromatic heterocycles. The Kier molecular flexibility index (Phi) is 4.81. The van der Waals surface area contributed by atoms with E-state index in [1.165, 1.54) is 31.2 Å². The first-order valence-electron chi connectivity index (χ1n) is 5.13. The predicted molar refractivity (Wildman–Crippen MR) is 74.3 cm³/mol. The number of carboxylic acids is 1. The van der Waals surface area contributed by atoms with Crippen LogP contribution in [0, 0.1) is 0 Å². The van der Waals surface area contributed by atoms with E-state index in [1.807, 2.05) is 0 Å². The Morgan fingerprint density at radius 1 is 1.37 bits per heavy atom. The summed E-state index contributed by atoms with van der Waals surface area (Å²) in [4.78, 5) is 10.6. The predicted octanol–water partition coefficient (Wildman–Crippen LogP) is 0.0935. The van der Waals surface area contributed by atoms with E-state index in [2.05, 4.69) is 10.6 Å². The SMILES string of the molecule is C[C@H](NC(=S)Nc1ccc(S(N)(=O)=O)cc1)C(=O)O. The molecule has 0 saturated carbocycles. The molecular formula is C10H13N3O4S2. The molecule has 0 aliphatic heterocycles. The van der Waals surface area contributed by atoms with Crippen LogP contribution in [-0.2, 0) is 14.8 Å². The molecular weight excluding hydrogens is 290 g/mol. The summed E-state index contributed by atoms with van der Waals surface area (Å²) < 4.78 is 22.1. The number of primary sulfonamides is 1. The first-order chi connectivity index (χ1) is 8.70. The van der Waals surface area contributed by atoms with Crippen LogP contribution in [0.25, 0.3) is 0 Å². The number of sulfonamides is 1. The topological polar surface area (TPSA) is 122 Å². The van der Waals surface area contributed by atoms with Gasteiger partial charge in [0.1, 0.15) is 6.04 Å². The lowest BCUT2D eigenvalue weighted by molar-refractivity contribution is -0.138. The number of rotatable bonds is 4. The van der Waals surface area contributed by atoms with E-state index < -0.39 is 22.0 Å². The molecule has 19 heavy (non-hydrogen) atoms. The molecule has 0 aliphatic carbocycles. The molecule has 0 bridgehead atoms. The minimum atomic E-state index is -3.73. The Hall–Kier alpha value is -1.71. The van der Waals surface area contributed by atoms with Crippen LogP contribution in [0.2, 0.25) is 0 Å². The summed E-state index contributed by atoms with van der Waals surface area (Å²) in [6, 6.07) is 4.75. The van der Waals surface area contributed by atoms with Crippen molar-refractivity contribution in [3.63, 3.8) is 0 Å². The molecule has 1 atom stereocenters. The molecule has 9 heteroatoms. The smallest absolute Gasteiger partial charge is 0.325 e. The summed E-state index contributed by atoms with van der Waals surface area (Å²) in [5.41, 5.74) is 0.516. The van der Waals surface area contributed by atoms with Gasteiger partial charge in [-0.15, -0.1) is 0 Å². The van der Waals surface area contributed by atoms with Crippen molar-refractivity contribution in [1.29, 1.82) is 0 Å². The third-order valence-corrected chi connectivity index (χ3v) is 3.31. The Balaban J connectivity index is 2.69. The standard InChI is InChI=1S/C10H13N3O4S2/c1-6(9(14)15)12-10(18)13-7-2-4-8(5-3-7)19(11,16)17/h2-6H,1H3,(H,14,15)(H2,11,16,17)(H2,12,13,18)/t6-/m0/s1. The number of hydrogen-bond donors (Lipinski definition) is 4. The van der Waals surface area contributed by atoms with Crippen molar-refractivity contribution in [2.45, 2.75) is 17.9 Å². The molecule has 0 unspecified atom stereocenters.